The molecule has 3 aromatic heterocycles. The molecule has 0 aliphatic rings. The van der Waals surface area contributed by atoms with E-state index in [1.165, 1.54) is 0 Å². The summed E-state index contributed by atoms with van der Waals surface area (Å²) in [5.74, 6) is 0. The van der Waals surface area contributed by atoms with Gasteiger partial charge in [0.1, 0.15) is 35.7 Å². The lowest BCUT2D eigenvalue weighted by Crippen LogP contribution is -2.04. The van der Waals surface area contributed by atoms with Crippen LogP contribution in [0.5, 0.6) is 0 Å². The molecule has 0 saturated heterocycles. The van der Waals surface area contributed by atoms with Gasteiger partial charge in [-0.2, -0.15) is 21.0 Å². The molecule has 0 saturated carbocycles. The Hall–Kier alpha value is -5.51. The first-order valence-electron chi connectivity index (χ1n) is 9.03. The minimum Gasteiger partial charge on any atom is -0.431 e. The summed E-state index contributed by atoms with van der Waals surface area (Å²) in [6.45, 7) is 0. The smallest absolute Gasteiger partial charge is 0.249 e. The molecule has 9 heteroatoms. The SMILES string of the molecule is N#CC(C#N)=c1nc(-c2ccccc2)/c(=c2\oc(=C(C#N)C#N)nc2-c2ccncc2)o1. The first-order chi connectivity index (χ1) is 15.7. The fourth-order valence-corrected chi connectivity index (χ4v) is 2.90. The molecule has 4 aromatic rings. The van der Waals surface area contributed by atoms with Crippen molar-refractivity contribution in [3.05, 3.63) is 76.8 Å². The van der Waals surface area contributed by atoms with Gasteiger partial charge in [-0.05, 0) is 12.1 Å². The summed E-state index contributed by atoms with van der Waals surface area (Å²) in [6.07, 6.45) is 3.10. The first-order valence-corrected chi connectivity index (χ1v) is 9.03. The lowest BCUT2D eigenvalue weighted by atomic mass is 10.1. The molecular formula is C23H9N7O2. The van der Waals surface area contributed by atoms with E-state index in [-0.39, 0.29) is 38.8 Å². The van der Waals surface area contributed by atoms with Crippen LogP contribution in [0.15, 0.2) is 63.7 Å². The number of hydrogen-bond donors (Lipinski definition) is 0. The van der Waals surface area contributed by atoms with E-state index in [0.29, 0.717) is 16.8 Å². The number of benzene rings is 1. The molecule has 0 aliphatic heterocycles. The van der Waals surface area contributed by atoms with Crippen molar-refractivity contribution in [2.75, 3.05) is 0 Å². The number of nitrogens with zero attached hydrogens (tertiary/aromatic N) is 7. The van der Waals surface area contributed by atoms with E-state index in [1.807, 2.05) is 6.07 Å². The zero-order valence-electron chi connectivity index (χ0n) is 16.1. The van der Waals surface area contributed by atoms with Crippen LogP contribution in [0.4, 0.5) is 0 Å². The summed E-state index contributed by atoms with van der Waals surface area (Å²) in [7, 11) is 0. The molecule has 0 N–H and O–H groups in total. The molecule has 1 aromatic carbocycles. The third-order valence-electron chi connectivity index (χ3n) is 4.34. The van der Waals surface area contributed by atoms with Gasteiger partial charge in [-0.3, -0.25) is 4.98 Å². The van der Waals surface area contributed by atoms with Crippen LogP contribution >= 0.6 is 0 Å². The van der Waals surface area contributed by atoms with Crippen LogP contribution < -0.4 is 11.1 Å². The summed E-state index contributed by atoms with van der Waals surface area (Å²) in [6, 6.07) is 19.3. The Balaban J connectivity index is 2.30. The topological polar surface area (TPSA) is 160 Å². The van der Waals surface area contributed by atoms with E-state index in [1.54, 1.807) is 73.1 Å². The minimum absolute atomic E-state index is 0.0852. The van der Waals surface area contributed by atoms with Crippen molar-refractivity contribution in [1.29, 1.82) is 21.0 Å². The summed E-state index contributed by atoms with van der Waals surface area (Å²) in [4.78, 5) is 12.7. The summed E-state index contributed by atoms with van der Waals surface area (Å²) in [5.41, 5.74) is 0.951. The van der Waals surface area contributed by atoms with Crippen LogP contribution in [-0.2, 0) is 0 Å². The van der Waals surface area contributed by atoms with Crippen LogP contribution in [0.2, 0.25) is 0 Å². The molecule has 0 spiro atoms. The van der Waals surface area contributed by atoms with E-state index in [2.05, 4.69) is 15.0 Å². The summed E-state index contributed by atoms with van der Waals surface area (Å²) < 4.78 is 11.6. The molecule has 0 fully saturated rings. The van der Waals surface area contributed by atoms with Crippen LogP contribution in [0.1, 0.15) is 0 Å². The average molecular weight is 415 g/mol. The van der Waals surface area contributed by atoms with Crippen molar-refractivity contribution in [3.8, 4) is 46.8 Å². The number of aromatic nitrogens is 3. The Morgan fingerprint density at radius 3 is 1.50 bits per heavy atom. The molecule has 9 nitrogen and oxygen atoms in total. The number of nitriles is 4. The van der Waals surface area contributed by atoms with Crippen molar-refractivity contribution in [3.63, 3.8) is 0 Å². The van der Waals surface area contributed by atoms with Crippen LogP contribution in [0.25, 0.3) is 33.7 Å². The van der Waals surface area contributed by atoms with Gasteiger partial charge in [0.2, 0.25) is 21.9 Å². The monoisotopic (exact) mass is 415 g/mol. The summed E-state index contributed by atoms with van der Waals surface area (Å²) in [5, 5.41) is 37.1. The molecule has 0 atom stereocenters. The van der Waals surface area contributed by atoms with Crippen molar-refractivity contribution < 1.29 is 8.83 Å². The van der Waals surface area contributed by atoms with Gasteiger partial charge < -0.3 is 8.83 Å². The maximum absolute atomic E-state index is 9.27. The van der Waals surface area contributed by atoms with Crippen LogP contribution in [-0.4, -0.2) is 15.0 Å². The molecule has 148 valence electrons. The molecule has 0 radical (unpaired) electrons. The van der Waals surface area contributed by atoms with E-state index in [0.717, 1.165) is 0 Å². The molecule has 0 bridgehead atoms. The maximum atomic E-state index is 9.27. The number of rotatable bonds is 2. The number of pyridine rings is 1. The minimum atomic E-state index is -0.325. The van der Waals surface area contributed by atoms with Gasteiger partial charge in [0.25, 0.3) is 0 Å². The van der Waals surface area contributed by atoms with Crippen molar-refractivity contribution in [2.45, 2.75) is 0 Å². The number of oxazole rings is 2. The standard InChI is InChI=1S/C23H9N7O2/c24-10-16(11-25)22-29-18(14-4-2-1-3-5-14)20(31-22)21-19(15-6-8-28-9-7-15)30-23(32-21)17(12-26)13-27/h1-9H/b21-20+. The molecule has 0 amide bonds. The van der Waals surface area contributed by atoms with E-state index in [4.69, 9.17) is 8.83 Å². The molecule has 4 rings (SSSR count). The molecule has 32 heavy (non-hydrogen) atoms. The largest absolute Gasteiger partial charge is 0.431 e. The van der Waals surface area contributed by atoms with E-state index in [9.17, 15) is 21.0 Å². The van der Waals surface area contributed by atoms with Gasteiger partial charge >= 0.3 is 0 Å². The second-order valence-electron chi connectivity index (χ2n) is 6.19. The molecule has 3 heterocycles. The van der Waals surface area contributed by atoms with Crippen LogP contribution in [0.3, 0.4) is 0 Å². The molecule has 0 aliphatic carbocycles. The fraction of sp³-hybridized carbons (Fsp3) is 0. The maximum Gasteiger partial charge on any atom is 0.249 e. The average Bonchev–Trinajstić information content (AvgIpc) is 3.47. The normalized spacial score (nSPS) is 10.9. The Bertz CT molecular complexity index is 1550. The fourth-order valence-electron chi connectivity index (χ4n) is 2.90. The third-order valence-corrected chi connectivity index (χ3v) is 4.34. The van der Waals surface area contributed by atoms with Crippen molar-refractivity contribution in [1.82, 2.24) is 15.0 Å². The quantitative estimate of drug-likeness (QED) is 0.477. The zero-order chi connectivity index (χ0) is 22.5. The zero-order valence-corrected chi connectivity index (χ0v) is 16.1. The van der Waals surface area contributed by atoms with Gasteiger partial charge in [-0.1, -0.05) is 30.3 Å². The Kier molecular flexibility index (Phi) is 5.24. The number of hydrogen-bond acceptors (Lipinski definition) is 9. The highest BCUT2D eigenvalue weighted by molar-refractivity contribution is 5.72. The molecule has 0 unspecified atom stereocenters. The van der Waals surface area contributed by atoms with Crippen LogP contribution in [0, 0.1) is 56.2 Å². The third kappa shape index (κ3) is 3.46. The van der Waals surface area contributed by atoms with Gasteiger partial charge in [0.15, 0.2) is 11.1 Å². The van der Waals surface area contributed by atoms with Crippen molar-refractivity contribution in [2.24, 2.45) is 0 Å². The van der Waals surface area contributed by atoms with Crippen molar-refractivity contribution >= 4 is 11.1 Å². The predicted molar refractivity (Wildman–Crippen MR) is 108 cm³/mol. The Morgan fingerprint density at radius 1 is 0.625 bits per heavy atom. The highest BCUT2D eigenvalue weighted by Crippen LogP contribution is 2.22. The highest BCUT2D eigenvalue weighted by atomic mass is 16.4. The second kappa shape index (κ2) is 8.47. The van der Waals surface area contributed by atoms with Gasteiger partial charge in [0.05, 0.1) is 0 Å². The Morgan fingerprint density at radius 2 is 1.06 bits per heavy atom. The Labute approximate surface area is 180 Å². The second-order valence-corrected chi connectivity index (χ2v) is 6.19. The predicted octanol–water partition coefficient (Wildman–Crippen LogP) is 2.07. The van der Waals surface area contributed by atoms with E-state index >= 15 is 0 Å². The molecular weight excluding hydrogens is 406 g/mol. The lowest BCUT2D eigenvalue weighted by molar-refractivity contribution is 0.441. The van der Waals surface area contributed by atoms with Gasteiger partial charge in [-0.25, -0.2) is 9.97 Å². The van der Waals surface area contributed by atoms with Gasteiger partial charge in [-0.15, -0.1) is 0 Å². The highest BCUT2D eigenvalue weighted by Gasteiger charge is 2.16. The first kappa shape index (κ1) is 19.8. The van der Waals surface area contributed by atoms with Gasteiger partial charge in [0, 0.05) is 23.5 Å². The lowest BCUT2D eigenvalue weighted by Gasteiger charge is -1.95. The summed E-state index contributed by atoms with van der Waals surface area (Å²) >= 11 is 0. The van der Waals surface area contributed by atoms with E-state index < -0.39 is 0 Å².